The van der Waals surface area contributed by atoms with E-state index in [1.807, 2.05) is 78.9 Å². The molecule has 156 valence electrons. The third-order valence-corrected chi connectivity index (χ3v) is 5.73. The molecule has 0 aliphatic carbocycles. The Morgan fingerprint density at radius 2 is 1.59 bits per heavy atom. The number of nitrogens with zero attached hydrogens (tertiary/aromatic N) is 3. The molecule has 0 saturated heterocycles. The number of carbonyl (C=O) groups is 1. The van der Waals surface area contributed by atoms with Crippen LogP contribution in [0.4, 0.5) is 0 Å². The largest absolute Gasteiger partial charge is 0.457 e. The maximum absolute atomic E-state index is 12.9. The van der Waals surface area contributed by atoms with Gasteiger partial charge in [-0.15, -0.1) is 11.3 Å². The van der Waals surface area contributed by atoms with E-state index in [0.29, 0.717) is 22.2 Å². The molecule has 0 aliphatic heterocycles. The fourth-order valence-corrected chi connectivity index (χ4v) is 4.13. The Balaban J connectivity index is 1.37. The van der Waals surface area contributed by atoms with E-state index < -0.39 is 5.97 Å². The van der Waals surface area contributed by atoms with Crippen LogP contribution in [0.1, 0.15) is 16.1 Å². The first kappa shape index (κ1) is 19.8. The molecule has 2 heterocycles. The molecule has 0 radical (unpaired) electrons. The van der Waals surface area contributed by atoms with Gasteiger partial charge in [-0.05, 0) is 30.3 Å². The Morgan fingerprint density at radius 3 is 2.47 bits per heavy atom. The summed E-state index contributed by atoms with van der Waals surface area (Å²) in [6, 6.07) is 24.7. The first-order chi connectivity index (χ1) is 15.8. The van der Waals surface area contributed by atoms with Crippen molar-refractivity contribution in [3.63, 3.8) is 0 Å². The predicted molar refractivity (Wildman–Crippen MR) is 123 cm³/mol. The Hall–Kier alpha value is -4.10. The van der Waals surface area contributed by atoms with E-state index in [0.717, 1.165) is 15.8 Å². The summed E-state index contributed by atoms with van der Waals surface area (Å²) in [5.74, 6) is 0.761. The second-order valence-corrected chi connectivity index (χ2v) is 7.87. The number of ether oxygens (including phenoxy) is 2. The monoisotopic (exact) mass is 439 g/mol. The van der Waals surface area contributed by atoms with Gasteiger partial charge in [-0.3, -0.25) is 0 Å². The summed E-state index contributed by atoms with van der Waals surface area (Å²) < 4.78 is 12.5. The van der Waals surface area contributed by atoms with Crippen LogP contribution in [0.3, 0.4) is 0 Å². The third-order valence-electron chi connectivity index (χ3n) is 4.69. The van der Waals surface area contributed by atoms with E-state index in [2.05, 4.69) is 15.0 Å². The van der Waals surface area contributed by atoms with Gasteiger partial charge in [0, 0.05) is 18.0 Å². The van der Waals surface area contributed by atoms with Crippen molar-refractivity contribution in [3.8, 4) is 22.2 Å². The van der Waals surface area contributed by atoms with Crippen molar-refractivity contribution in [1.29, 1.82) is 0 Å². The van der Waals surface area contributed by atoms with E-state index in [1.54, 1.807) is 6.20 Å². The lowest BCUT2D eigenvalue weighted by Crippen LogP contribution is -2.10. The molecule has 5 aromatic rings. The maximum Gasteiger partial charge on any atom is 0.359 e. The van der Waals surface area contributed by atoms with Gasteiger partial charge < -0.3 is 9.47 Å². The molecular weight excluding hydrogens is 422 g/mol. The molecule has 32 heavy (non-hydrogen) atoms. The highest BCUT2D eigenvalue weighted by molar-refractivity contribution is 7.21. The highest BCUT2D eigenvalue weighted by atomic mass is 32.1. The lowest BCUT2D eigenvalue weighted by atomic mass is 10.2. The molecule has 0 atom stereocenters. The highest BCUT2D eigenvalue weighted by Crippen LogP contribution is 2.31. The third kappa shape index (κ3) is 4.19. The number of hydrogen-bond acceptors (Lipinski definition) is 7. The SMILES string of the molecule is O=C(OCc1ccccc1Oc1ccccc1)c1nccnc1-c1nc2ccccc2s1. The number of hydrogen-bond donors (Lipinski definition) is 0. The summed E-state index contributed by atoms with van der Waals surface area (Å²) in [4.78, 5) is 26.1. The molecule has 0 amide bonds. The van der Waals surface area contributed by atoms with Gasteiger partial charge in [-0.25, -0.2) is 19.7 Å². The topological polar surface area (TPSA) is 74.2 Å². The summed E-state index contributed by atoms with van der Waals surface area (Å²) in [6.45, 7) is 0.0394. The van der Waals surface area contributed by atoms with Gasteiger partial charge in [-0.2, -0.15) is 0 Å². The molecule has 0 N–H and O–H groups in total. The minimum atomic E-state index is -0.568. The van der Waals surface area contributed by atoms with E-state index in [9.17, 15) is 4.79 Å². The van der Waals surface area contributed by atoms with Crippen LogP contribution in [-0.2, 0) is 11.3 Å². The summed E-state index contributed by atoms with van der Waals surface area (Å²) in [7, 11) is 0. The molecule has 0 unspecified atom stereocenters. The molecule has 0 fully saturated rings. The van der Waals surface area contributed by atoms with Crippen LogP contribution < -0.4 is 4.74 Å². The number of thiazole rings is 1. The molecule has 2 aromatic heterocycles. The minimum absolute atomic E-state index is 0.0394. The standard InChI is InChI=1S/C25H17N3O3S/c29-25(30-16-17-8-4-6-12-20(17)31-18-9-2-1-3-10-18)23-22(26-14-15-27-23)24-28-19-11-5-7-13-21(19)32-24/h1-15H,16H2. The maximum atomic E-state index is 12.9. The van der Waals surface area contributed by atoms with Crippen LogP contribution in [-0.4, -0.2) is 20.9 Å². The summed E-state index contributed by atoms with van der Waals surface area (Å²) in [6.07, 6.45) is 3.01. The van der Waals surface area contributed by atoms with Crippen molar-refractivity contribution in [2.75, 3.05) is 0 Å². The average molecular weight is 439 g/mol. The second kappa shape index (κ2) is 8.95. The lowest BCUT2D eigenvalue weighted by Gasteiger charge is -2.12. The van der Waals surface area contributed by atoms with Gasteiger partial charge in [0.25, 0.3) is 0 Å². The van der Waals surface area contributed by atoms with E-state index >= 15 is 0 Å². The molecule has 0 bridgehead atoms. The minimum Gasteiger partial charge on any atom is -0.457 e. The van der Waals surface area contributed by atoms with Crippen molar-refractivity contribution in [2.24, 2.45) is 0 Å². The highest BCUT2D eigenvalue weighted by Gasteiger charge is 2.20. The van der Waals surface area contributed by atoms with Crippen LogP contribution in [0.2, 0.25) is 0 Å². The van der Waals surface area contributed by atoms with Gasteiger partial charge >= 0.3 is 5.97 Å². The predicted octanol–water partition coefficient (Wildman–Crippen LogP) is 5.90. The summed E-state index contributed by atoms with van der Waals surface area (Å²) in [5, 5.41) is 0.624. The molecule has 0 saturated carbocycles. The number of carbonyl (C=O) groups excluding carboxylic acids is 1. The summed E-state index contributed by atoms with van der Waals surface area (Å²) >= 11 is 1.46. The molecule has 7 heteroatoms. The Labute approximate surface area is 188 Å². The molecule has 6 nitrogen and oxygen atoms in total. The van der Waals surface area contributed by atoms with Crippen LogP contribution in [0.25, 0.3) is 20.9 Å². The van der Waals surface area contributed by atoms with Crippen molar-refractivity contribution in [1.82, 2.24) is 15.0 Å². The smallest absolute Gasteiger partial charge is 0.359 e. The van der Waals surface area contributed by atoms with Crippen LogP contribution >= 0.6 is 11.3 Å². The zero-order valence-corrected chi connectivity index (χ0v) is 17.7. The first-order valence-corrected chi connectivity index (χ1v) is 10.7. The normalized spacial score (nSPS) is 10.8. The first-order valence-electron chi connectivity index (χ1n) is 9.93. The van der Waals surface area contributed by atoms with Gasteiger partial charge in [0.05, 0.1) is 10.2 Å². The number of para-hydroxylation sites is 3. The number of aromatic nitrogens is 3. The van der Waals surface area contributed by atoms with Gasteiger partial charge in [0.15, 0.2) is 5.69 Å². The molecular formula is C25H17N3O3S. The number of esters is 1. The van der Waals surface area contributed by atoms with Gasteiger partial charge in [-0.1, -0.05) is 48.5 Å². The average Bonchev–Trinajstić information content (AvgIpc) is 3.28. The Kier molecular flexibility index (Phi) is 5.55. The Morgan fingerprint density at radius 1 is 0.844 bits per heavy atom. The zero-order chi connectivity index (χ0) is 21.8. The molecule has 5 rings (SSSR count). The fraction of sp³-hybridized carbons (Fsp3) is 0.0400. The van der Waals surface area contributed by atoms with Crippen LogP contribution in [0.15, 0.2) is 91.3 Å². The van der Waals surface area contributed by atoms with E-state index in [4.69, 9.17) is 9.47 Å². The molecule has 3 aromatic carbocycles. The Bertz CT molecular complexity index is 1350. The van der Waals surface area contributed by atoms with E-state index in [-0.39, 0.29) is 12.3 Å². The zero-order valence-electron chi connectivity index (χ0n) is 16.8. The number of rotatable bonds is 6. The van der Waals surface area contributed by atoms with Crippen molar-refractivity contribution in [2.45, 2.75) is 6.61 Å². The molecule has 0 aliphatic rings. The lowest BCUT2D eigenvalue weighted by molar-refractivity contribution is 0.0464. The van der Waals surface area contributed by atoms with Gasteiger partial charge in [0.1, 0.15) is 28.8 Å². The molecule has 0 spiro atoms. The number of benzene rings is 3. The van der Waals surface area contributed by atoms with E-state index in [1.165, 1.54) is 17.5 Å². The van der Waals surface area contributed by atoms with Gasteiger partial charge in [0.2, 0.25) is 0 Å². The van der Waals surface area contributed by atoms with Crippen molar-refractivity contribution >= 4 is 27.5 Å². The van der Waals surface area contributed by atoms with Crippen LogP contribution in [0, 0.1) is 0 Å². The van der Waals surface area contributed by atoms with Crippen LogP contribution in [0.5, 0.6) is 11.5 Å². The quantitative estimate of drug-likeness (QED) is 0.307. The summed E-state index contributed by atoms with van der Waals surface area (Å²) in [5.41, 5.74) is 2.14. The number of fused-ring (bicyclic) bond motifs is 1. The second-order valence-electron chi connectivity index (χ2n) is 6.84. The van der Waals surface area contributed by atoms with Crippen molar-refractivity contribution in [3.05, 3.63) is 103 Å². The van der Waals surface area contributed by atoms with Crippen molar-refractivity contribution < 1.29 is 14.3 Å². The fourth-order valence-electron chi connectivity index (χ4n) is 3.17.